The number of carboxylic acids is 1. The molecule has 3 N–H and O–H groups in total. The Balaban J connectivity index is 2.13. The molecule has 0 spiro atoms. The van der Waals surface area contributed by atoms with Gasteiger partial charge in [-0.2, -0.15) is 0 Å². The van der Waals surface area contributed by atoms with Crippen LogP contribution in [0.25, 0.3) is 0 Å². The molecule has 0 saturated carbocycles. The molecular weight excluding hydrogens is 276 g/mol. The second kappa shape index (κ2) is 6.55. The number of amides is 2. The van der Waals surface area contributed by atoms with E-state index < -0.39 is 18.1 Å². The minimum absolute atomic E-state index is 0.0813. The normalized spacial score (nSPS) is 18.4. The minimum atomic E-state index is -1.08. The van der Waals surface area contributed by atoms with E-state index in [4.69, 9.17) is 9.84 Å². The molecule has 1 aliphatic rings. The van der Waals surface area contributed by atoms with Crippen LogP contribution in [0.5, 0.6) is 0 Å². The fourth-order valence-electron chi connectivity index (χ4n) is 2.26. The van der Waals surface area contributed by atoms with E-state index >= 15 is 0 Å². The SMILES string of the molecule is Cc1cccc(NC(=O)N2CCOC(CO)C2)c1C(=O)O. The summed E-state index contributed by atoms with van der Waals surface area (Å²) in [7, 11) is 0. The van der Waals surface area contributed by atoms with Crippen LogP contribution >= 0.6 is 0 Å². The molecule has 1 fully saturated rings. The lowest BCUT2D eigenvalue weighted by molar-refractivity contribution is -0.0388. The molecule has 1 saturated heterocycles. The maximum absolute atomic E-state index is 12.2. The standard InChI is InChI=1S/C14H18N2O5/c1-9-3-2-4-11(12(9)13(18)19)15-14(20)16-5-6-21-10(7-16)8-17/h2-4,10,17H,5-8H2,1H3,(H,15,20)(H,18,19). The largest absolute Gasteiger partial charge is 0.478 e. The van der Waals surface area contributed by atoms with Gasteiger partial charge in [0.25, 0.3) is 0 Å². The summed E-state index contributed by atoms with van der Waals surface area (Å²) in [5.74, 6) is -1.08. The summed E-state index contributed by atoms with van der Waals surface area (Å²) < 4.78 is 5.27. The van der Waals surface area contributed by atoms with Gasteiger partial charge in [-0.25, -0.2) is 9.59 Å². The average Bonchev–Trinajstić information content (AvgIpc) is 2.47. The summed E-state index contributed by atoms with van der Waals surface area (Å²) in [6, 6.07) is 4.52. The number of rotatable bonds is 3. The first kappa shape index (κ1) is 15.3. The lowest BCUT2D eigenvalue weighted by Gasteiger charge is -2.32. The Morgan fingerprint density at radius 1 is 1.48 bits per heavy atom. The predicted octanol–water partition coefficient (Wildman–Crippen LogP) is 0.918. The van der Waals surface area contributed by atoms with Crippen molar-refractivity contribution in [1.29, 1.82) is 0 Å². The van der Waals surface area contributed by atoms with Gasteiger partial charge in [-0.15, -0.1) is 0 Å². The maximum Gasteiger partial charge on any atom is 0.338 e. The summed E-state index contributed by atoms with van der Waals surface area (Å²) >= 11 is 0. The van der Waals surface area contributed by atoms with Gasteiger partial charge in [-0.3, -0.25) is 0 Å². The number of carboxylic acid groups (broad SMARTS) is 1. The molecule has 1 aromatic rings. The minimum Gasteiger partial charge on any atom is -0.478 e. The Labute approximate surface area is 122 Å². The number of aromatic carboxylic acids is 1. The molecule has 7 nitrogen and oxygen atoms in total. The van der Waals surface area contributed by atoms with Crippen molar-refractivity contribution in [2.45, 2.75) is 13.0 Å². The predicted molar refractivity (Wildman–Crippen MR) is 75.6 cm³/mol. The summed E-state index contributed by atoms with van der Waals surface area (Å²) in [5.41, 5.74) is 0.924. The lowest BCUT2D eigenvalue weighted by Crippen LogP contribution is -2.48. The first-order valence-corrected chi connectivity index (χ1v) is 6.64. The third-order valence-corrected chi connectivity index (χ3v) is 3.36. The van der Waals surface area contributed by atoms with E-state index in [2.05, 4.69) is 5.32 Å². The van der Waals surface area contributed by atoms with Gasteiger partial charge in [0.1, 0.15) is 0 Å². The molecule has 0 aromatic heterocycles. The Morgan fingerprint density at radius 2 is 2.24 bits per heavy atom. The number of ether oxygens (including phenoxy) is 1. The average molecular weight is 294 g/mol. The molecule has 1 unspecified atom stereocenters. The molecule has 0 radical (unpaired) electrons. The maximum atomic E-state index is 12.2. The Hall–Kier alpha value is -2.12. The molecule has 2 amide bonds. The summed E-state index contributed by atoms with van der Waals surface area (Å²) in [4.78, 5) is 25.0. The molecule has 0 aliphatic carbocycles. The van der Waals surface area contributed by atoms with E-state index in [-0.39, 0.29) is 24.4 Å². The number of aliphatic hydroxyl groups is 1. The number of benzene rings is 1. The molecule has 1 aromatic carbocycles. The van der Waals surface area contributed by atoms with Crippen molar-refractivity contribution in [3.63, 3.8) is 0 Å². The van der Waals surface area contributed by atoms with Crippen LogP contribution in [0.1, 0.15) is 15.9 Å². The van der Waals surface area contributed by atoms with E-state index in [1.807, 2.05) is 0 Å². The number of carbonyl (C=O) groups excluding carboxylic acids is 1. The van der Waals surface area contributed by atoms with Gasteiger partial charge < -0.3 is 25.2 Å². The van der Waals surface area contributed by atoms with Gasteiger partial charge in [-0.05, 0) is 18.6 Å². The summed E-state index contributed by atoms with van der Waals surface area (Å²) in [5, 5.41) is 20.9. The molecule has 0 bridgehead atoms. The van der Waals surface area contributed by atoms with Crippen molar-refractivity contribution in [2.75, 3.05) is 31.6 Å². The van der Waals surface area contributed by atoms with Crippen LogP contribution in [0.4, 0.5) is 10.5 Å². The smallest absolute Gasteiger partial charge is 0.338 e. The van der Waals surface area contributed by atoms with Crippen LogP contribution in [-0.2, 0) is 4.74 Å². The number of urea groups is 1. The van der Waals surface area contributed by atoms with Crippen LogP contribution in [0.3, 0.4) is 0 Å². The van der Waals surface area contributed by atoms with Gasteiger partial charge in [0.05, 0.1) is 37.1 Å². The van der Waals surface area contributed by atoms with Crippen molar-refractivity contribution in [3.8, 4) is 0 Å². The highest BCUT2D eigenvalue weighted by Gasteiger charge is 2.25. The van der Waals surface area contributed by atoms with E-state index in [1.54, 1.807) is 25.1 Å². The highest BCUT2D eigenvalue weighted by molar-refractivity contribution is 6.01. The second-order valence-electron chi connectivity index (χ2n) is 4.85. The van der Waals surface area contributed by atoms with E-state index in [1.165, 1.54) is 4.90 Å². The van der Waals surface area contributed by atoms with Gasteiger partial charge >= 0.3 is 12.0 Å². The highest BCUT2D eigenvalue weighted by atomic mass is 16.5. The number of morpholine rings is 1. The van der Waals surface area contributed by atoms with Gasteiger partial charge in [-0.1, -0.05) is 12.1 Å². The summed E-state index contributed by atoms with van der Waals surface area (Å²) in [6.07, 6.45) is -0.402. The number of hydrogen-bond donors (Lipinski definition) is 3. The summed E-state index contributed by atoms with van der Waals surface area (Å²) in [6.45, 7) is 2.54. The molecule has 21 heavy (non-hydrogen) atoms. The number of nitrogens with one attached hydrogen (secondary N) is 1. The number of aryl methyl sites for hydroxylation is 1. The van der Waals surface area contributed by atoms with Gasteiger partial charge in [0, 0.05) is 6.54 Å². The number of hydrogen-bond acceptors (Lipinski definition) is 4. The molecule has 1 aliphatic heterocycles. The molecule has 2 rings (SSSR count). The first-order valence-electron chi connectivity index (χ1n) is 6.64. The molecule has 1 atom stereocenters. The monoisotopic (exact) mass is 294 g/mol. The number of aliphatic hydroxyl groups excluding tert-OH is 1. The van der Waals surface area contributed by atoms with E-state index in [0.717, 1.165) is 0 Å². The third-order valence-electron chi connectivity index (χ3n) is 3.36. The number of nitrogens with zero attached hydrogens (tertiary/aromatic N) is 1. The van der Waals surface area contributed by atoms with Crippen molar-refractivity contribution < 1.29 is 24.5 Å². The van der Waals surface area contributed by atoms with Crippen LogP contribution < -0.4 is 5.32 Å². The van der Waals surface area contributed by atoms with Crippen LogP contribution in [0.15, 0.2) is 18.2 Å². The van der Waals surface area contributed by atoms with Crippen molar-refractivity contribution >= 4 is 17.7 Å². The second-order valence-corrected chi connectivity index (χ2v) is 4.85. The molecule has 114 valence electrons. The van der Waals surface area contributed by atoms with E-state index in [0.29, 0.717) is 18.7 Å². The van der Waals surface area contributed by atoms with Crippen LogP contribution in [-0.4, -0.2) is 59.5 Å². The molecule has 7 heteroatoms. The Morgan fingerprint density at radius 3 is 2.90 bits per heavy atom. The lowest BCUT2D eigenvalue weighted by atomic mass is 10.1. The highest BCUT2D eigenvalue weighted by Crippen LogP contribution is 2.20. The van der Waals surface area contributed by atoms with E-state index in [9.17, 15) is 14.7 Å². The number of carbonyl (C=O) groups is 2. The zero-order chi connectivity index (χ0) is 15.4. The fourth-order valence-corrected chi connectivity index (χ4v) is 2.26. The fraction of sp³-hybridized carbons (Fsp3) is 0.429. The zero-order valence-corrected chi connectivity index (χ0v) is 11.7. The van der Waals surface area contributed by atoms with Gasteiger partial charge in [0.2, 0.25) is 0 Å². The molecule has 1 heterocycles. The van der Waals surface area contributed by atoms with Crippen LogP contribution in [0, 0.1) is 6.92 Å². The van der Waals surface area contributed by atoms with Crippen molar-refractivity contribution in [2.24, 2.45) is 0 Å². The first-order chi connectivity index (χ1) is 10.0. The topological polar surface area (TPSA) is 99.1 Å². The quantitative estimate of drug-likeness (QED) is 0.770. The van der Waals surface area contributed by atoms with Crippen molar-refractivity contribution in [3.05, 3.63) is 29.3 Å². The third kappa shape index (κ3) is 3.50. The Kier molecular flexibility index (Phi) is 4.77. The van der Waals surface area contributed by atoms with Gasteiger partial charge in [0.15, 0.2) is 0 Å². The zero-order valence-electron chi connectivity index (χ0n) is 11.7. The molecular formula is C14H18N2O5. The number of anilines is 1. The van der Waals surface area contributed by atoms with Crippen LogP contribution in [0.2, 0.25) is 0 Å². The van der Waals surface area contributed by atoms with Crippen molar-refractivity contribution in [1.82, 2.24) is 4.90 Å². The Bertz CT molecular complexity index is 546.